The number of nitrogens with one attached hydrogen (secondary N) is 2. The molecule has 2 aromatic carbocycles. The smallest absolute Gasteiger partial charge is 0.219 e. The molecule has 0 aliphatic rings. The van der Waals surface area contributed by atoms with Crippen LogP contribution >= 0.6 is 24.0 Å². The van der Waals surface area contributed by atoms with E-state index in [1.165, 1.54) is 12.1 Å². The minimum absolute atomic E-state index is 0. The number of hydrogen-bond donors (Lipinski definition) is 2. The van der Waals surface area contributed by atoms with Gasteiger partial charge in [0.2, 0.25) is 5.88 Å². The summed E-state index contributed by atoms with van der Waals surface area (Å²) in [5.41, 5.74) is 1.92. The van der Waals surface area contributed by atoms with Crippen molar-refractivity contribution in [2.45, 2.75) is 13.1 Å². The van der Waals surface area contributed by atoms with Crippen LogP contribution in [0.1, 0.15) is 11.1 Å². The van der Waals surface area contributed by atoms with Crippen molar-refractivity contribution < 1.29 is 18.6 Å². The molecule has 0 saturated heterocycles. The second kappa shape index (κ2) is 12.7. The SMILES string of the molecule is CN=C(NCc1ccc(Oc2cccc(F)c2)nc1)NCc1ccc(OC)cc1OC.I. The monoisotopic (exact) mass is 552 g/mol. The predicted molar refractivity (Wildman–Crippen MR) is 133 cm³/mol. The molecule has 7 nitrogen and oxygen atoms in total. The lowest BCUT2D eigenvalue weighted by molar-refractivity contribution is 0.390. The Morgan fingerprint density at radius 1 is 0.969 bits per heavy atom. The average Bonchev–Trinajstić information content (AvgIpc) is 2.80. The van der Waals surface area contributed by atoms with Gasteiger partial charge in [-0.25, -0.2) is 9.37 Å². The minimum atomic E-state index is -0.357. The lowest BCUT2D eigenvalue weighted by Gasteiger charge is -2.14. The quantitative estimate of drug-likeness (QED) is 0.243. The first-order valence-electron chi connectivity index (χ1n) is 9.65. The Hall–Kier alpha value is -3.08. The summed E-state index contributed by atoms with van der Waals surface area (Å²) in [5.74, 6) is 2.55. The Morgan fingerprint density at radius 2 is 1.78 bits per heavy atom. The molecule has 0 spiro atoms. The summed E-state index contributed by atoms with van der Waals surface area (Å²) in [6.45, 7) is 1.05. The molecular weight excluding hydrogens is 526 g/mol. The van der Waals surface area contributed by atoms with Gasteiger partial charge in [-0.1, -0.05) is 12.1 Å². The maximum Gasteiger partial charge on any atom is 0.219 e. The highest BCUT2D eigenvalue weighted by molar-refractivity contribution is 14.0. The van der Waals surface area contributed by atoms with Crippen LogP contribution < -0.4 is 24.8 Å². The maximum atomic E-state index is 13.3. The summed E-state index contributed by atoms with van der Waals surface area (Å²) in [4.78, 5) is 8.50. The van der Waals surface area contributed by atoms with Crippen LogP contribution in [0, 0.1) is 5.82 Å². The van der Waals surface area contributed by atoms with Crippen LogP contribution in [0.2, 0.25) is 0 Å². The maximum absolute atomic E-state index is 13.3. The number of pyridine rings is 1. The molecule has 0 aliphatic heterocycles. The molecule has 0 radical (unpaired) electrons. The van der Waals surface area contributed by atoms with Crippen molar-refractivity contribution in [3.05, 3.63) is 77.7 Å². The summed E-state index contributed by atoms with van der Waals surface area (Å²) in [6, 6.07) is 15.2. The number of methoxy groups -OCH3 is 2. The largest absolute Gasteiger partial charge is 0.497 e. The molecular formula is C23H26FIN4O3. The summed E-state index contributed by atoms with van der Waals surface area (Å²) >= 11 is 0. The number of guanidine groups is 1. The van der Waals surface area contributed by atoms with E-state index in [1.807, 2.05) is 24.3 Å². The van der Waals surface area contributed by atoms with Gasteiger partial charge in [-0.15, -0.1) is 24.0 Å². The zero-order chi connectivity index (χ0) is 22.1. The molecule has 1 aromatic heterocycles. The lowest BCUT2D eigenvalue weighted by atomic mass is 10.2. The predicted octanol–water partition coefficient (Wildman–Crippen LogP) is 4.51. The first kappa shape index (κ1) is 25.2. The average molecular weight is 552 g/mol. The fourth-order valence-corrected chi connectivity index (χ4v) is 2.81. The van der Waals surface area contributed by atoms with Gasteiger partial charge in [0, 0.05) is 50.1 Å². The van der Waals surface area contributed by atoms with Crippen molar-refractivity contribution in [1.82, 2.24) is 15.6 Å². The number of nitrogens with zero attached hydrogens (tertiary/aromatic N) is 2. The van der Waals surface area contributed by atoms with E-state index in [2.05, 4.69) is 20.6 Å². The van der Waals surface area contributed by atoms with Crippen LogP contribution in [-0.4, -0.2) is 32.2 Å². The summed E-state index contributed by atoms with van der Waals surface area (Å²) in [7, 11) is 4.95. The molecule has 0 bridgehead atoms. The van der Waals surface area contributed by atoms with E-state index in [0.29, 0.717) is 30.7 Å². The first-order valence-corrected chi connectivity index (χ1v) is 9.65. The number of halogens is 2. The molecule has 0 atom stereocenters. The summed E-state index contributed by atoms with van der Waals surface area (Å²) in [6.07, 6.45) is 1.70. The van der Waals surface area contributed by atoms with Crippen molar-refractivity contribution in [2.24, 2.45) is 4.99 Å². The third-order valence-electron chi connectivity index (χ3n) is 4.44. The third-order valence-corrected chi connectivity index (χ3v) is 4.44. The Morgan fingerprint density at radius 3 is 2.44 bits per heavy atom. The highest BCUT2D eigenvalue weighted by Crippen LogP contribution is 2.24. The van der Waals surface area contributed by atoms with Crippen LogP contribution in [0.3, 0.4) is 0 Å². The Balaban J connectivity index is 0.00000363. The van der Waals surface area contributed by atoms with Crippen molar-refractivity contribution in [3.8, 4) is 23.1 Å². The molecule has 0 unspecified atom stereocenters. The Bertz CT molecular complexity index is 1030. The zero-order valence-corrected chi connectivity index (χ0v) is 20.4. The molecule has 3 aromatic rings. The van der Waals surface area contributed by atoms with Gasteiger partial charge in [-0.05, 0) is 29.8 Å². The number of benzene rings is 2. The number of rotatable bonds is 8. The van der Waals surface area contributed by atoms with E-state index >= 15 is 0 Å². The normalized spacial score (nSPS) is 10.7. The van der Waals surface area contributed by atoms with E-state index in [4.69, 9.17) is 14.2 Å². The van der Waals surface area contributed by atoms with Crippen LogP contribution in [0.15, 0.2) is 65.8 Å². The third kappa shape index (κ3) is 7.26. The van der Waals surface area contributed by atoms with Crippen molar-refractivity contribution in [2.75, 3.05) is 21.3 Å². The highest BCUT2D eigenvalue weighted by atomic mass is 127. The van der Waals surface area contributed by atoms with Gasteiger partial charge < -0.3 is 24.8 Å². The second-order valence-electron chi connectivity index (χ2n) is 6.52. The Kier molecular flexibility index (Phi) is 9.99. The van der Waals surface area contributed by atoms with Crippen LogP contribution in [0.5, 0.6) is 23.1 Å². The van der Waals surface area contributed by atoms with Gasteiger partial charge in [-0.2, -0.15) is 0 Å². The summed E-state index contributed by atoms with van der Waals surface area (Å²) < 4.78 is 29.5. The van der Waals surface area contributed by atoms with Gasteiger partial charge in [0.1, 0.15) is 23.1 Å². The first-order chi connectivity index (χ1) is 15.1. The van der Waals surface area contributed by atoms with Gasteiger partial charge in [0.05, 0.1) is 14.2 Å². The second-order valence-corrected chi connectivity index (χ2v) is 6.52. The molecule has 170 valence electrons. The molecule has 32 heavy (non-hydrogen) atoms. The van der Waals surface area contributed by atoms with Crippen molar-refractivity contribution in [3.63, 3.8) is 0 Å². The number of hydrogen-bond acceptors (Lipinski definition) is 5. The summed E-state index contributed by atoms with van der Waals surface area (Å²) in [5, 5.41) is 6.49. The molecule has 0 fully saturated rings. The van der Waals surface area contributed by atoms with E-state index in [9.17, 15) is 4.39 Å². The van der Waals surface area contributed by atoms with Gasteiger partial charge >= 0.3 is 0 Å². The zero-order valence-electron chi connectivity index (χ0n) is 18.1. The van der Waals surface area contributed by atoms with E-state index in [1.54, 1.807) is 45.7 Å². The van der Waals surface area contributed by atoms with Gasteiger partial charge in [0.15, 0.2) is 5.96 Å². The van der Waals surface area contributed by atoms with E-state index in [0.717, 1.165) is 22.6 Å². The topological polar surface area (TPSA) is 77.0 Å². The van der Waals surface area contributed by atoms with Crippen LogP contribution in [0.4, 0.5) is 4.39 Å². The van der Waals surface area contributed by atoms with Gasteiger partial charge in [0.25, 0.3) is 0 Å². The molecule has 2 N–H and O–H groups in total. The van der Waals surface area contributed by atoms with Crippen LogP contribution in [0.25, 0.3) is 0 Å². The lowest BCUT2D eigenvalue weighted by Crippen LogP contribution is -2.36. The number of aliphatic imine (C=N–C) groups is 1. The number of ether oxygens (including phenoxy) is 3. The fraction of sp³-hybridized carbons (Fsp3) is 0.217. The van der Waals surface area contributed by atoms with E-state index in [-0.39, 0.29) is 29.8 Å². The molecule has 3 rings (SSSR count). The molecule has 0 saturated carbocycles. The molecule has 9 heteroatoms. The standard InChI is InChI=1S/C23H25FN4O3.HI/c1-25-23(28-15-17-8-9-19(29-2)12-21(17)30-3)27-14-16-7-10-22(26-13-16)31-20-6-4-5-18(24)11-20;/h4-13H,14-15H2,1-3H3,(H2,25,27,28);1H. The van der Waals surface area contributed by atoms with Crippen molar-refractivity contribution in [1.29, 1.82) is 0 Å². The molecule has 0 aliphatic carbocycles. The molecule has 1 heterocycles. The molecule has 0 amide bonds. The van der Waals surface area contributed by atoms with E-state index < -0.39 is 0 Å². The van der Waals surface area contributed by atoms with Crippen LogP contribution in [-0.2, 0) is 13.1 Å². The van der Waals surface area contributed by atoms with Gasteiger partial charge in [-0.3, -0.25) is 4.99 Å². The number of aromatic nitrogens is 1. The Labute approximate surface area is 204 Å². The highest BCUT2D eigenvalue weighted by Gasteiger charge is 2.07. The van der Waals surface area contributed by atoms with Crippen molar-refractivity contribution >= 4 is 29.9 Å². The fourth-order valence-electron chi connectivity index (χ4n) is 2.81. The minimum Gasteiger partial charge on any atom is -0.497 e.